The number of carbonyl (C=O) groups is 4. The number of para-hydroxylation sites is 1. The van der Waals surface area contributed by atoms with E-state index in [1.807, 2.05) is 47.4 Å². The van der Waals surface area contributed by atoms with Crippen LogP contribution in [0.5, 0.6) is 5.75 Å². The van der Waals surface area contributed by atoms with Crippen LogP contribution in [-0.4, -0.2) is 102 Å². The third-order valence-corrected chi connectivity index (χ3v) is 12.0. The number of methoxy groups -OCH3 is 1. The highest BCUT2D eigenvalue weighted by atomic mass is 79.9. The zero-order valence-electron chi connectivity index (χ0n) is 32.0. The van der Waals surface area contributed by atoms with Crippen LogP contribution in [0, 0.1) is 5.41 Å². The summed E-state index contributed by atoms with van der Waals surface area (Å²) in [5.41, 5.74) is 5.27. The molecular formula is C42H46BrN9O5. The summed E-state index contributed by atoms with van der Waals surface area (Å²) in [5.74, 6) is 1.65. The van der Waals surface area contributed by atoms with Crippen LogP contribution >= 0.6 is 15.9 Å². The number of carbonyl (C=O) groups excluding carboxylic acids is 4. The van der Waals surface area contributed by atoms with Crippen LogP contribution in [0.2, 0.25) is 0 Å². The number of hydrogen-bond donors (Lipinski definition) is 4. The first-order chi connectivity index (χ1) is 27.5. The highest BCUT2D eigenvalue weighted by molar-refractivity contribution is 9.10. The molecule has 14 nitrogen and oxygen atoms in total. The van der Waals surface area contributed by atoms with E-state index in [-0.39, 0.29) is 28.9 Å². The molecular weight excluding hydrogens is 790 g/mol. The van der Waals surface area contributed by atoms with Gasteiger partial charge in [0.1, 0.15) is 17.6 Å². The SMILES string of the molecule is COc1cc(N2CC3(CN(C(=O)CN4CCC(c5ccc(NC6CCC(=O)NC6=O)cc5)CC4)C3)C2)ccc1Nc1ncc(Br)c(Nc2ccccc2C(C)=O)n1. The van der Waals surface area contributed by atoms with Crippen molar-refractivity contribution in [1.29, 1.82) is 0 Å². The van der Waals surface area contributed by atoms with E-state index in [0.29, 0.717) is 58.5 Å². The maximum absolute atomic E-state index is 13.3. The molecule has 4 aliphatic rings. The predicted octanol–water partition coefficient (Wildman–Crippen LogP) is 5.68. The second kappa shape index (κ2) is 16.1. The summed E-state index contributed by atoms with van der Waals surface area (Å²) in [6.45, 7) is 7.08. The zero-order valence-corrected chi connectivity index (χ0v) is 33.6. The number of amides is 3. The van der Waals surface area contributed by atoms with Crippen LogP contribution in [0.3, 0.4) is 0 Å². The van der Waals surface area contributed by atoms with E-state index >= 15 is 0 Å². The molecule has 15 heteroatoms. The molecule has 4 fully saturated rings. The molecule has 1 unspecified atom stereocenters. The third kappa shape index (κ3) is 8.44. The van der Waals surface area contributed by atoms with E-state index in [1.165, 1.54) is 12.5 Å². The minimum Gasteiger partial charge on any atom is -0.494 e. The smallest absolute Gasteiger partial charge is 0.249 e. The van der Waals surface area contributed by atoms with Gasteiger partial charge in [-0.3, -0.25) is 29.4 Å². The van der Waals surface area contributed by atoms with Gasteiger partial charge in [-0.15, -0.1) is 0 Å². The fraction of sp³-hybridized carbons (Fsp3) is 0.381. The van der Waals surface area contributed by atoms with Crippen molar-refractivity contribution in [3.05, 3.63) is 88.5 Å². The number of aromatic nitrogens is 2. The van der Waals surface area contributed by atoms with E-state index in [4.69, 9.17) is 4.74 Å². The number of anilines is 6. The summed E-state index contributed by atoms with van der Waals surface area (Å²) >= 11 is 3.51. The Bertz CT molecular complexity index is 2180. The van der Waals surface area contributed by atoms with Crippen molar-refractivity contribution in [2.45, 2.75) is 44.6 Å². The first kappa shape index (κ1) is 38.3. The molecule has 8 rings (SSSR count). The largest absolute Gasteiger partial charge is 0.494 e. The molecule has 4 saturated heterocycles. The van der Waals surface area contributed by atoms with Gasteiger partial charge in [0.2, 0.25) is 23.7 Å². The molecule has 4 N–H and O–H groups in total. The summed E-state index contributed by atoms with van der Waals surface area (Å²) in [6, 6.07) is 21.2. The van der Waals surface area contributed by atoms with Gasteiger partial charge in [-0.1, -0.05) is 24.3 Å². The minimum absolute atomic E-state index is 0.0452. The molecule has 1 atom stereocenters. The molecule has 0 aliphatic carbocycles. The fourth-order valence-corrected chi connectivity index (χ4v) is 8.62. The molecule has 0 bridgehead atoms. The second-order valence-electron chi connectivity index (χ2n) is 15.6. The quantitative estimate of drug-likeness (QED) is 0.102. The van der Waals surface area contributed by atoms with Crippen molar-refractivity contribution in [2.24, 2.45) is 5.41 Å². The lowest BCUT2D eigenvalue weighted by Crippen LogP contribution is -2.73. The molecule has 3 aromatic carbocycles. The van der Waals surface area contributed by atoms with Gasteiger partial charge in [-0.05, 0) is 103 Å². The van der Waals surface area contributed by atoms with Crippen molar-refractivity contribution in [3.63, 3.8) is 0 Å². The summed E-state index contributed by atoms with van der Waals surface area (Å²) in [4.78, 5) is 64.6. The number of rotatable bonds is 12. The lowest BCUT2D eigenvalue weighted by Gasteiger charge is -2.61. The standard InChI is InChI=1S/C42H46BrN9O5/c1-26(53)31-5-3-4-6-33(31)46-39-32(43)20-44-41(49-39)47-34-12-11-30(19-36(34)57-2)51-22-42(23-51)24-52(25-42)38(55)21-50-17-15-28(16-18-50)27-7-9-29(10-8-27)45-35-13-14-37(54)48-40(35)56/h3-12,19-20,28,35,45H,13-18,21-25H2,1-2H3,(H,48,54,56)(H2,44,46,47,49). The van der Waals surface area contributed by atoms with Crippen LogP contribution in [0.15, 0.2) is 77.4 Å². The Hall–Kier alpha value is -5.54. The third-order valence-electron chi connectivity index (χ3n) is 11.5. The molecule has 4 aromatic rings. The van der Waals surface area contributed by atoms with Crippen molar-refractivity contribution < 1.29 is 23.9 Å². The molecule has 296 valence electrons. The fourth-order valence-electron chi connectivity index (χ4n) is 8.33. The number of hydrogen-bond acceptors (Lipinski definition) is 12. The summed E-state index contributed by atoms with van der Waals surface area (Å²) < 4.78 is 6.41. The van der Waals surface area contributed by atoms with Gasteiger partial charge in [0.25, 0.3) is 0 Å². The normalized spacial score (nSPS) is 19.3. The van der Waals surface area contributed by atoms with Gasteiger partial charge >= 0.3 is 0 Å². The van der Waals surface area contributed by atoms with Crippen LogP contribution in [0.1, 0.15) is 54.4 Å². The number of benzene rings is 3. The number of piperidine rings is 2. The van der Waals surface area contributed by atoms with Gasteiger partial charge < -0.3 is 30.5 Å². The number of nitrogens with one attached hydrogen (secondary N) is 4. The number of halogens is 1. The summed E-state index contributed by atoms with van der Waals surface area (Å²) in [7, 11) is 1.64. The summed E-state index contributed by atoms with van der Waals surface area (Å²) in [5, 5.41) is 12.2. The van der Waals surface area contributed by atoms with Crippen molar-refractivity contribution in [2.75, 3.05) is 73.8 Å². The molecule has 1 aromatic heterocycles. The van der Waals surface area contributed by atoms with Gasteiger partial charge in [0, 0.05) is 67.2 Å². The van der Waals surface area contributed by atoms with Crippen LogP contribution < -0.4 is 30.9 Å². The van der Waals surface area contributed by atoms with Gasteiger partial charge in [0.05, 0.1) is 29.5 Å². The Morgan fingerprint density at radius 1 is 0.947 bits per heavy atom. The highest BCUT2D eigenvalue weighted by Gasteiger charge is 2.53. The van der Waals surface area contributed by atoms with Crippen LogP contribution in [0.4, 0.5) is 34.5 Å². The molecule has 0 saturated carbocycles. The lowest BCUT2D eigenvalue weighted by atomic mass is 9.72. The first-order valence-corrected chi connectivity index (χ1v) is 20.1. The van der Waals surface area contributed by atoms with E-state index < -0.39 is 6.04 Å². The Morgan fingerprint density at radius 2 is 1.70 bits per heavy atom. The zero-order chi connectivity index (χ0) is 39.7. The lowest BCUT2D eigenvalue weighted by molar-refractivity contribution is -0.146. The topological polar surface area (TPSA) is 161 Å². The molecule has 4 aliphatic heterocycles. The maximum atomic E-state index is 13.3. The van der Waals surface area contributed by atoms with Gasteiger partial charge in [0.15, 0.2) is 5.78 Å². The molecule has 1 spiro atoms. The molecule has 5 heterocycles. The second-order valence-corrected chi connectivity index (χ2v) is 16.4. The molecule has 3 amide bonds. The van der Waals surface area contributed by atoms with E-state index in [2.05, 4.69) is 75.2 Å². The van der Waals surface area contributed by atoms with Crippen molar-refractivity contribution in [3.8, 4) is 5.75 Å². The van der Waals surface area contributed by atoms with E-state index in [0.717, 1.165) is 69.2 Å². The average molecular weight is 837 g/mol. The van der Waals surface area contributed by atoms with Crippen molar-refractivity contribution >= 4 is 74.0 Å². The van der Waals surface area contributed by atoms with E-state index in [1.54, 1.807) is 19.4 Å². The Morgan fingerprint density at radius 3 is 2.42 bits per heavy atom. The first-order valence-electron chi connectivity index (χ1n) is 19.3. The predicted molar refractivity (Wildman–Crippen MR) is 222 cm³/mol. The maximum Gasteiger partial charge on any atom is 0.249 e. The van der Waals surface area contributed by atoms with Crippen LogP contribution in [0.25, 0.3) is 0 Å². The molecule has 57 heavy (non-hydrogen) atoms. The van der Waals surface area contributed by atoms with Gasteiger partial charge in [-0.25, -0.2) is 4.98 Å². The number of likely N-dealkylation sites (tertiary alicyclic amines) is 2. The Labute approximate surface area is 339 Å². The number of ether oxygens (including phenoxy) is 1. The highest BCUT2D eigenvalue weighted by Crippen LogP contribution is 2.44. The number of nitrogens with zero attached hydrogens (tertiary/aromatic N) is 5. The monoisotopic (exact) mass is 835 g/mol. The number of Topliss-reactive ketones (excluding diaryl/α,β-unsaturated/α-hetero) is 1. The number of imide groups is 1. The minimum atomic E-state index is -0.394. The van der Waals surface area contributed by atoms with E-state index in [9.17, 15) is 19.2 Å². The Balaban J connectivity index is 0.785. The van der Waals surface area contributed by atoms with Crippen molar-refractivity contribution in [1.82, 2.24) is 25.1 Å². The molecule has 0 radical (unpaired) electrons. The Kier molecular flexibility index (Phi) is 10.9. The van der Waals surface area contributed by atoms with Crippen LogP contribution in [-0.2, 0) is 14.4 Å². The average Bonchev–Trinajstić information content (AvgIpc) is 3.17. The number of ketones is 1. The van der Waals surface area contributed by atoms with Gasteiger partial charge in [-0.2, -0.15) is 4.98 Å². The summed E-state index contributed by atoms with van der Waals surface area (Å²) in [6.07, 6.45) is 4.49.